The highest BCUT2D eigenvalue weighted by Crippen LogP contribution is 2.43. The molecule has 3 amide bonds. The number of likely N-dealkylation sites (N-methyl/N-ethyl adjacent to an activating group) is 1. The molecule has 3 aliphatic heterocycles. The standard InChI is InChI=1S/C43H59N5O8SSi2/c1-28(49)48-25-33(44-57(52,53)20-22-59(8,9)10)39-40(56-43(2,3)55-39)36(48)26-46-23-31(29-15-11-13-17-34(29)46)37-38(42(51)45(4)41(37)50)32-24-47(27-54-19-21-58(5,6)7)35-18-14-12-16-30(32)35/h11-18,23-24,33,36,39-40,44H,19-22,25-27H2,1-10H3/t33-,36-,39+,40+/m0/s1. The van der Waals surface area contributed by atoms with Crippen molar-refractivity contribution in [2.75, 3.05) is 26.0 Å². The van der Waals surface area contributed by atoms with Crippen LogP contribution in [0.4, 0.5) is 0 Å². The molecule has 7 rings (SSSR count). The Morgan fingerprint density at radius 2 is 1.36 bits per heavy atom. The van der Waals surface area contributed by atoms with Crippen LogP contribution in [0.15, 0.2) is 60.9 Å². The number of hydrogen-bond acceptors (Lipinski definition) is 8. The SMILES string of the molecule is CC(=O)N1C[C@H](NS(=O)(=O)CC[Si](C)(C)C)[C@H]2OC(C)(C)O[C@@H]2[C@@H]1Cn1cc(C2=C(c3cn(COCC[Si](C)(C)C)c4ccccc34)C(=O)N(C)C2=O)c2ccccc21. The number of nitrogens with zero attached hydrogens (tertiary/aromatic N) is 4. The van der Waals surface area contributed by atoms with Crippen molar-refractivity contribution in [1.82, 2.24) is 23.7 Å². The van der Waals surface area contributed by atoms with Gasteiger partial charge in [0, 0.05) is 89.6 Å². The van der Waals surface area contributed by atoms with Crippen molar-refractivity contribution < 1.29 is 37.0 Å². The van der Waals surface area contributed by atoms with Gasteiger partial charge in [-0.15, -0.1) is 0 Å². The summed E-state index contributed by atoms with van der Waals surface area (Å²) in [5, 5.41) is 1.61. The quantitative estimate of drug-likeness (QED) is 0.0899. The lowest BCUT2D eigenvalue weighted by Gasteiger charge is -2.45. The van der Waals surface area contributed by atoms with Crippen LogP contribution >= 0.6 is 0 Å². The Morgan fingerprint density at radius 3 is 1.92 bits per heavy atom. The average molecular weight is 862 g/mol. The summed E-state index contributed by atoms with van der Waals surface area (Å²) in [6.45, 7) is 19.7. The second kappa shape index (κ2) is 15.8. The molecule has 59 heavy (non-hydrogen) atoms. The fraction of sp³-hybridized carbons (Fsp3) is 0.512. The number of ether oxygens (including phenoxy) is 3. The number of carbonyl (C=O) groups is 3. The molecular formula is C43H59N5O8SSi2. The minimum absolute atomic E-state index is 0.00373. The fourth-order valence-corrected chi connectivity index (χ4v) is 13.6. The van der Waals surface area contributed by atoms with Crippen LogP contribution in [0.2, 0.25) is 51.4 Å². The highest BCUT2D eigenvalue weighted by molar-refractivity contribution is 7.89. The molecule has 5 heterocycles. The first-order valence-electron chi connectivity index (χ1n) is 20.5. The Hall–Kier alpha value is -3.91. The van der Waals surface area contributed by atoms with E-state index in [1.807, 2.05) is 70.1 Å². The molecule has 0 bridgehead atoms. The van der Waals surface area contributed by atoms with Crippen LogP contribution in [0.1, 0.15) is 31.9 Å². The van der Waals surface area contributed by atoms with Crippen molar-refractivity contribution in [3.63, 3.8) is 0 Å². The monoisotopic (exact) mass is 861 g/mol. The summed E-state index contributed by atoms with van der Waals surface area (Å²) >= 11 is 0. The van der Waals surface area contributed by atoms with Crippen LogP contribution in [-0.4, -0.2) is 117 Å². The van der Waals surface area contributed by atoms with Gasteiger partial charge in [0.1, 0.15) is 18.9 Å². The lowest BCUT2D eigenvalue weighted by molar-refractivity contribution is -0.152. The smallest absolute Gasteiger partial charge is 0.261 e. The van der Waals surface area contributed by atoms with Crippen molar-refractivity contribution in [3.05, 3.63) is 72.1 Å². The van der Waals surface area contributed by atoms with E-state index in [9.17, 15) is 22.8 Å². The molecule has 2 saturated heterocycles. The number of benzene rings is 2. The summed E-state index contributed by atoms with van der Waals surface area (Å²) in [6, 6.07) is 15.9. The third kappa shape index (κ3) is 8.95. The minimum Gasteiger partial charge on any atom is -0.361 e. The number of piperidine rings is 1. The van der Waals surface area contributed by atoms with E-state index in [2.05, 4.69) is 44.0 Å². The van der Waals surface area contributed by atoms with E-state index >= 15 is 0 Å². The Bertz CT molecular complexity index is 2440. The number of nitrogens with one attached hydrogen (secondary N) is 1. The molecule has 0 spiro atoms. The maximum absolute atomic E-state index is 14.3. The summed E-state index contributed by atoms with van der Waals surface area (Å²) in [5.74, 6) is -2.05. The molecule has 13 nitrogen and oxygen atoms in total. The number of carbonyl (C=O) groups excluding carboxylic acids is 3. The van der Waals surface area contributed by atoms with E-state index in [0.717, 1.165) is 27.8 Å². The number of sulfonamides is 1. The summed E-state index contributed by atoms with van der Waals surface area (Å²) in [6.07, 6.45) is 2.47. The van der Waals surface area contributed by atoms with Gasteiger partial charge in [-0.25, -0.2) is 13.1 Å². The van der Waals surface area contributed by atoms with E-state index in [1.165, 1.54) is 18.9 Å². The first kappa shape index (κ1) is 43.2. The number of imide groups is 1. The molecule has 0 radical (unpaired) electrons. The normalized spacial score (nSPS) is 22.7. The third-order valence-corrected chi connectivity index (χ3v) is 16.8. The predicted molar refractivity (Wildman–Crippen MR) is 236 cm³/mol. The van der Waals surface area contributed by atoms with E-state index in [0.29, 0.717) is 41.7 Å². The van der Waals surface area contributed by atoms with Gasteiger partial charge in [-0.1, -0.05) is 75.7 Å². The number of hydrogen-bond donors (Lipinski definition) is 1. The summed E-state index contributed by atoms with van der Waals surface area (Å²) in [7, 11) is -5.13. The second-order valence-corrected chi connectivity index (χ2v) is 32.3. The number of fused-ring (bicyclic) bond motifs is 3. The maximum atomic E-state index is 14.3. The van der Waals surface area contributed by atoms with E-state index in [1.54, 1.807) is 18.7 Å². The molecule has 3 aliphatic rings. The molecule has 16 heteroatoms. The van der Waals surface area contributed by atoms with E-state index in [-0.39, 0.29) is 30.7 Å². The van der Waals surface area contributed by atoms with Crippen LogP contribution in [0.3, 0.4) is 0 Å². The molecule has 1 N–H and O–H groups in total. The van der Waals surface area contributed by atoms with Gasteiger partial charge in [-0.3, -0.25) is 19.3 Å². The Labute approximate surface area is 349 Å². The van der Waals surface area contributed by atoms with Crippen LogP contribution in [-0.2, 0) is 51.9 Å². The molecular weight excluding hydrogens is 803 g/mol. The Kier molecular flexibility index (Phi) is 11.6. The minimum atomic E-state index is -3.69. The highest BCUT2D eigenvalue weighted by Gasteiger charge is 2.55. The van der Waals surface area contributed by atoms with Crippen LogP contribution in [0.25, 0.3) is 33.0 Å². The van der Waals surface area contributed by atoms with E-state index in [4.69, 9.17) is 14.2 Å². The molecule has 2 aromatic heterocycles. The van der Waals surface area contributed by atoms with Crippen molar-refractivity contribution in [2.45, 2.75) is 115 Å². The molecule has 0 saturated carbocycles. The lowest BCUT2D eigenvalue weighted by atomic mass is 9.92. The largest absolute Gasteiger partial charge is 0.361 e. The zero-order chi connectivity index (χ0) is 42.8. The first-order valence-corrected chi connectivity index (χ1v) is 29.5. The number of para-hydroxylation sites is 2. The van der Waals surface area contributed by atoms with Gasteiger partial charge >= 0.3 is 0 Å². The fourth-order valence-electron chi connectivity index (χ4n) is 8.49. The van der Waals surface area contributed by atoms with Crippen molar-refractivity contribution in [1.29, 1.82) is 0 Å². The second-order valence-electron chi connectivity index (χ2n) is 19.2. The van der Waals surface area contributed by atoms with Crippen molar-refractivity contribution in [3.8, 4) is 0 Å². The number of aromatic nitrogens is 2. The molecule has 0 unspecified atom stereocenters. The highest BCUT2D eigenvalue weighted by atomic mass is 32.2. The zero-order valence-electron chi connectivity index (χ0n) is 36.0. The van der Waals surface area contributed by atoms with Gasteiger partial charge in [0.15, 0.2) is 5.79 Å². The zero-order valence-corrected chi connectivity index (χ0v) is 38.8. The first-order chi connectivity index (χ1) is 27.5. The molecule has 4 aromatic rings. The van der Waals surface area contributed by atoms with Gasteiger partial charge in [0.25, 0.3) is 11.8 Å². The molecule has 2 aromatic carbocycles. The van der Waals surface area contributed by atoms with Crippen LogP contribution in [0.5, 0.6) is 0 Å². The van der Waals surface area contributed by atoms with Crippen LogP contribution in [0, 0.1) is 0 Å². The van der Waals surface area contributed by atoms with Gasteiger partial charge in [0.05, 0.1) is 34.5 Å². The van der Waals surface area contributed by atoms with E-state index < -0.39 is 62.2 Å². The van der Waals surface area contributed by atoms with Crippen molar-refractivity contribution >= 4 is 76.8 Å². The topological polar surface area (TPSA) is 141 Å². The number of amides is 3. The summed E-state index contributed by atoms with van der Waals surface area (Å²) in [4.78, 5) is 44.8. The van der Waals surface area contributed by atoms with Gasteiger partial charge in [-0.2, -0.15) is 0 Å². The molecule has 2 fully saturated rings. The lowest BCUT2D eigenvalue weighted by Crippen LogP contribution is -2.66. The van der Waals surface area contributed by atoms with Gasteiger partial charge in [0.2, 0.25) is 15.9 Å². The van der Waals surface area contributed by atoms with Crippen molar-refractivity contribution in [2.24, 2.45) is 0 Å². The predicted octanol–water partition coefficient (Wildman–Crippen LogP) is 6.19. The Morgan fingerprint density at radius 1 is 0.831 bits per heavy atom. The van der Waals surface area contributed by atoms with Gasteiger partial charge < -0.3 is 28.2 Å². The summed E-state index contributed by atoms with van der Waals surface area (Å²) in [5.41, 5.74) is 3.57. The molecule has 4 atom stereocenters. The average Bonchev–Trinajstić information content (AvgIpc) is 3.86. The van der Waals surface area contributed by atoms with Gasteiger partial charge in [-0.05, 0) is 38.1 Å². The molecule has 318 valence electrons. The number of rotatable bonds is 14. The summed E-state index contributed by atoms with van der Waals surface area (Å²) < 4.78 is 52.8. The third-order valence-electron chi connectivity index (χ3n) is 11.6. The molecule has 0 aliphatic carbocycles. The maximum Gasteiger partial charge on any atom is 0.261 e. The number of likely N-dealkylation sites (tertiary alicyclic amines) is 1. The Balaban J connectivity index is 1.28. The van der Waals surface area contributed by atoms with Crippen LogP contribution < -0.4 is 4.72 Å².